The highest BCUT2D eigenvalue weighted by atomic mass is 32.2. The SMILES string of the molecule is CC(=O)Nc1ccc(S(=O)(=O)N2CCNC(=O)[C@H]2CC(=O)Nc2nccs2)cc1. The third-order valence-corrected chi connectivity index (χ3v) is 6.73. The van der Waals surface area contributed by atoms with Crippen molar-refractivity contribution >= 4 is 49.9 Å². The van der Waals surface area contributed by atoms with Crippen molar-refractivity contribution in [3.63, 3.8) is 0 Å². The van der Waals surface area contributed by atoms with Gasteiger partial charge in [-0.1, -0.05) is 0 Å². The predicted molar refractivity (Wildman–Crippen MR) is 107 cm³/mol. The molecule has 3 rings (SSSR count). The number of rotatable bonds is 6. The number of nitrogens with one attached hydrogen (secondary N) is 3. The molecule has 10 nitrogen and oxygen atoms in total. The maximum Gasteiger partial charge on any atom is 0.243 e. The van der Waals surface area contributed by atoms with E-state index in [9.17, 15) is 22.8 Å². The summed E-state index contributed by atoms with van der Waals surface area (Å²) < 4.78 is 27.2. The van der Waals surface area contributed by atoms with Crippen molar-refractivity contribution < 1.29 is 22.8 Å². The molecule has 3 amide bonds. The molecule has 0 unspecified atom stereocenters. The van der Waals surface area contributed by atoms with Crippen LogP contribution >= 0.6 is 11.3 Å². The molecule has 2 aromatic rings. The van der Waals surface area contributed by atoms with Crippen LogP contribution in [0.25, 0.3) is 0 Å². The van der Waals surface area contributed by atoms with Crippen LogP contribution in [0, 0.1) is 0 Å². The van der Waals surface area contributed by atoms with Crippen molar-refractivity contribution in [1.82, 2.24) is 14.6 Å². The quantitative estimate of drug-likeness (QED) is 0.606. The molecule has 29 heavy (non-hydrogen) atoms. The van der Waals surface area contributed by atoms with Gasteiger partial charge in [-0.3, -0.25) is 14.4 Å². The van der Waals surface area contributed by atoms with Gasteiger partial charge in [0.1, 0.15) is 6.04 Å². The van der Waals surface area contributed by atoms with Gasteiger partial charge in [0.15, 0.2) is 5.13 Å². The second-order valence-electron chi connectivity index (χ2n) is 6.22. The Hall–Kier alpha value is -2.83. The van der Waals surface area contributed by atoms with Gasteiger partial charge in [-0.2, -0.15) is 4.31 Å². The second-order valence-corrected chi connectivity index (χ2v) is 9.00. The number of amides is 3. The van der Waals surface area contributed by atoms with Crippen LogP contribution in [-0.4, -0.2) is 54.6 Å². The van der Waals surface area contributed by atoms with Crippen molar-refractivity contribution in [2.45, 2.75) is 24.3 Å². The standard InChI is InChI=1S/C17H19N5O5S2/c1-11(23)20-12-2-4-13(5-3-12)29(26,27)22-8-6-18-16(25)14(22)10-15(24)21-17-19-7-9-28-17/h2-5,7,9,14H,6,8,10H2,1H3,(H,18,25)(H,20,23)(H,19,21,24)/t14-/m1/s1. The zero-order valence-corrected chi connectivity index (χ0v) is 17.0. The normalized spacial score (nSPS) is 17.4. The van der Waals surface area contributed by atoms with Crippen molar-refractivity contribution in [2.75, 3.05) is 23.7 Å². The minimum absolute atomic E-state index is 0.0355. The number of nitrogens with zero attached hydrogens (tertiary/aromatic N) is 2. The van der Waals surface area contributed by atoms with Crippen molar-refractivity contribution in [3.05, 3.63) is 35.8 Å². The molecule has 0 spiro atoms. The first-order valence-corrected chi connectivity index (χ1v) is 11.0. The molecule has 1 saturated heterocycles. The first kappa shape index (κ1) is 20.9. The van der Waals surface area contributed by atoms with Gasteiger partial charge in [-0.15, -0.1) is 11.3 Å². The number of hydrogen-bond donors (Lipinski definition) is 3. The van der Waals surface area contributed by atoms with Crippen LogP contribution in [0.2, 0.25) is 0 Å². The van der Waals surface area contributed by atoms with E-state index in [-0.39, 0.29) is 30.3 Å². The third-order valence-electron chi connectivity index (χ3n) is 4.12. The summed E-state index contributed by atoms with van der Waals surface area (Å²) in [4.78, 5) is 39.6. The van der Waals surface area contributed by atoms with Gasteiger partial charge in [-0.25, -0.2) is 13.4 Å². The van der Waals surface area contributed by atoms with E-state index in [1.165, 1.54) is 48.7 Å². The molecule has 0 aliphatic carbocycles. The van der Waals surface area contributed by atoms with Crippen LogP contribution in [0.15, 0.2) is 40.7 Å². The first-order valence-electron chi connectivity index (χ1n) is 8.64. The minimum atomic E-state index is -4.03. The van der Waals surface area contributed by atoms with Crippen LogP contribution in [0.3, 0.4) is 0 Å². The fourth-order valence-corrected chi connectivity index (χ4v) is 4.99. The highest BCUT2D eigenvalue weighted by Gasteiger charge is 2.39. The van der Waals surface area contributed by atoms with Gasteiger partial charge in [0.25, 0.3) is 0 Å². The molecule has 0 bridgehead atoms. The van der Waals surface area contributed by atoms with Gasteiger partial charge < -0.3 is 16.0 Å². The Kier molecular flexibility index (Phi) is 6.25. The van der Waals surface area contributed by atoms with Crippen LogP contribution in [-0.2, 0) is 24.4 Å². The fraction of sp³-hybridized carbons (Fsp3) is 0.294. The maximum absolute atomic E-state index is 13.1. The summed E-state index contributed by atoms with van der Waals surface area (Å²) in [6.45, 7) is 1.53. The summed E-state index contributed by atoms with van der Waals surface area (Å²) in [7, 11) is -4.03. The van der Waals surface area contributed by atoms with Gasteiger partial charge in [0, 0.05) is 37.3 Å². The number of sulfonamides is 1. The molecule has 0 radical (unpaired) electrons. The summed E-state index contributed by atoms with van der Waals surface area (Å²) in [5.41, 5.74) is 0.451. The van der Waals surface area contributed by atoms with Crippen LogP contribution in [0.1, 0.15) is 13.3 Å². The average molecular weight is 438 g/mol. The summed E-state index contributed by atoms with van der Waals surface area (Å²) in [6, 6.07) is 4.44. The van der Waals surface area contributed by atoms with E-state index in [4.69, 9.17) is 0 Å². The number of piperazine rings is 1. The van der Waals surface area contributed by atoms with Crippen molar-refractivity contribution in [1.29, 1.82) is 0 Å². The number of thiazole rings is 1. The lowest BCUT2D eigenvalue weighted by molar-refractivity contribution is -0.130. The number of aromatic nitrogens is 1. The Balaban J connectivity index is 1.80. The molecule has 154 valence electrons. The highest BCUT2D eigenvalue weighted by molar-refractivity contribution is 7.89. The highest BCUT2D eigenvalue weighted by Crippen LogP contribution is 2.23. The number of carbonyl (C=O) groups excluding carboxylic acids is 3. The van der Waals surface area contributed by atoms with Gasteiger partial charge in [0.05, 0.1) is 11.3 Å². The molecular formula is C17H19N5O5S2. The van der Waals surface area contributed by atoms with Gasteiger partial charge >= 0.3 is 0 Å². The Bertz CT molecular complexity index is 1010. The zero-order chi connectivity index (χ0) is 21.0. The minimum Gasteiger partial charge on any atom is -0.353 e. The van der Waals surface area contributed by atoms with Gasteiger partial charge in [0.2, 0.25) is 27.7 Å². The molecule has 1 atom stereocenters. The molecule has 1 aliphatic rings. The van der Waals surface area contributed by atoms with E-state index in [0.29, 0.717) is 10.8 Å². The third kappa shape index (κ3) is 4.96. The smallest absolute Gasteiger partial charge is 0.243 e. The number of hydrogen-bond acceptors (Lipinski definition) is 7. The van der Waals surface area contributed by atoms with E-state index in [1.54, 1.807) is 5.38 Å². The van der Waals surface area contributed by atoms with E-state index in [0.717, 1.165) is 4.31 Å². The van der Waals surface area contributed by atoms with E-state index in [1.807, 2.05) is 0 Å². The Morgan fingerprint density at radius 1 is 1.28 bits per heavy atom. The van der Waals surface area contributed by atoms with Crippen molar-refractivity contribution in [2.24, 2.45) is 0 Å². The lowest BCUT2D eigenvalue weighted by Gasteiger charge is -2.33. The maximum atomic E-state index is 13.1. The molecule has 1 aliphatic heterocycles. The first-order chi connectivity index (χ1) is 13.8. The lowest BCUT2D eigenvalue weighted by atomic mass is 10.1. The van der Waals surface area contributed by atoms with Crippen LogP contribution < -0.4 is 16.0 Å². The molecule has 0 saturated carbocycles. The van der Waals surface area contributed by atoms with Gasteiger partial charge in [-0.05, 0) is 24.3 Å². The van der Waals surface area contributed by atoms with E-state index >= 15 is 0 Å². The Morgan fingerprint density at radius 3 is 2.62 bits per heavy atom. The Morgan fingerprint density at radius 2 is 2.00 bits per heavy atom. The fourth-order valence-electron chi connectivity index (χ4n) is 2.86. The summed E-state index contributed by atoms with van der Waals surface area (Å²) in [5.74, 6) is -1.33. The number of carbonyl (C=O) groups is 3. The molecule has 1 aromatic heterocycles. The average Bonchev–Trinajstić information content (AvgIpc) is 3.16. The predicted octanol–water partition coefficient (Wildman–Crippen LogP) is 0.619. The molecule has 1 aromatic carbocycles. The monoisotopic (exact) mass is 437 g/mol. The molecule has 1 fully saturated rings. The number of anilines is 2. The molecule has 2 heterocycles. The van der Waals surface area contributed by atoms with Crippen LogP contribution in [0.5, 0.6) is 0 Å². The van der Waals surface area contributed by atoms with E-state index < -0.39 is 27.9 Å². The second kappa shape index (κ2) is 8.68. The summed E-state index contributed by atoms with van der Waals surface area (Å²) in [6.07, 6.45) is 1.18. The largest absolute Gasteiger partial charge is 0.353 e. The number of benzene rings is 1. The molecular weight excluding hydrogens is 418 g/mol. The Labute approximate surface area is 171 Å². The lowest BCUT2D eigenvalue weighted by Crippen LogP contribution is -2.57. The topological polar surface area (TPSA) is 138 Å². The molecule has 12 heteroatoms. The van der Waals surface area contributed by atoms with Crippen LogP contribution in [0.4, 0.5) is 10.8 Å². The zero-order valence-electron chi connectivity index (χ0n) is 15.4. The summed E-state index contributed by atoms with van der Waals surface area (Å²) >= 11 is 1.22. The molecule has 3 N–H and O–H groups in total. The van der Waals surface area contributed by atoms with E-state index in [2.05, 4.69) is 20.9 Å². The summed E-state index contributed by atoms with van der Waals surface area (Å²) in [5, 5.41) is 9.76. The van der Waals surface area contributed by atoms with Crippen molar-refractivity contribution in [3.8, 4) is 0 Å².